The number of H-pyrrole nitrogens is 1. The van der Waals surface area contributed by atoms with E-state index in [1.807, 2.05) is 5.32 Å². The normalized spacial score (nSPS) is 10.7. The number of benzene rings is 2. The molecule has 2 aromatic carbocycles. The quantitative estimate of drug-likeness (QED) is 0.425. The Bertz CT molecular complexity index is 1150. The van der Waals surface area contributed by atoms with Gasteiger partial charge >= 0.3 is 0 Å². The second kappa shape index (κ2) is 9.96. The first kappa shape index (κ1) is 22.8. The van der Waals surface area contributed by atoms with Gasteiger partial charge in [0, 0.05) is 11.4 Å². The number of imidazole rings is 1. The molecule has 8 nitrogen and oxygen atoms in total. The van der Waals surface area contributed by atoms with E-state index in [0.29, 0.717) is 11.4 Å². The Morgan fingerprint density at radius 3 is 2.19 bits per heavy atom. The second-order valence-corrected chi connectivity index (χ2v) is 6.74. The summed E-state index contributed by atoms with van der Waals surface area (Å²) in [5, 5.41) is 7.03. The highest BCUT2D eigenvalue weighted by molar-refractivity contribution is 6.34. The monoisotopic (exact) mass is 465 g/mol. The van der Waals surface area contributed by atoms with Crippen LogP contribution >= 0.6 is 11.6 Å². The zero-order valence-electron chi connectivity index (χ0n) is 16.1. The number of hydrogen-bond acceptors (Lipinski definition) is 4. The van der Waals surface area contributed by atoms with Crippen molar-refractivity contribution in [2.45, 2.75) is 6.43 Å². The molecule has 0 fully saturated rings. The van der Waals surface area contributed by atoms with Crippen molar-refractivity contribution in [2.24, 2.45) is 0 Å². The Morgan fingerprint density at radius 2 is 1.59 bits per heavy atom. The van der Waals surface area contributed by atoms with Crippen LogP contribution in [0.5, 0.6) is 0 Å². The average molecular weight is 466 g/mol. The number of carbonyl (C=O) groups excluding carboxylic acids is 3. The first-order chi connectivity index (χ1) is 15.2. The summed E-state index contributed by atoms with van der Waals surface area (Å²) in [6, 6.07) is 9.31. The summed E-state index contributed by atoms with van der Waals surface area (Å²) in [7, 11) is 0. The number of alkyl halides is 2. The standard InChI is InChI=1S/C20H15ClF3N5O3/c21-14-7-10(22)1-6-13(14)18(30)28-11-2-4-12(5-3-11)29-20(32)17-16(26-9-27-17)19(31)25-8-15(23)24/h1-7,9,15H,8H2,(H,25,31)(H,26,27)(H,28,30)(H,29,32). The number of aromatic nitrogens is 2. The Morgan fingerprint density at radius 1 is 0.969 bits per heavy atom. The molecule has 3 aromatic rings. The van der Waals surface area contributed by atoms with Gasteiger partial charge < -0.3 is 20.9 Å². The van der Waals surface area contributed by atoms with Crippen LogP contribution in [0.3, 0.4) is 0 Å². The molecule has 32 heavy (non-hydrogen) atoms. The van der Waals surface area contributed by atoms with Crippen LogP contribution in [0.15, 0.2) is 48.8 Å². The van der Waals surface area contributed by atoms with Crippen LogP contribution in [0.25, 0.3) is 0 Å². The summed E-state index contributed by atoms with van der Waals surface area (Å²) >= 11 is 5.87. The molecule has 0 bridgehead atoms. The van der Waals surface area contributed by atoms with Crippen molar-refractivity contribution in [1.29, 1.82) is 0 Å². The number of amides is 3. The fraction of sp³-hybridized carbons (Fsp3) is 0.100. The zero-order chi connectivity index (χ0) is 23.3. The SMILES string of the molecule is O=C(Nc1ccc(NC(=O)c2nc[nH]c2C(=O)NCC(F)F)cc1)c1ccc(F)cc1Cl. The lowest BCUT2D eigenvalue weighted by Gasteiger charge is -2.09. The third-order valence-corrected chi connectivity index (χ3v) is 4.39. The van der Waals surface area contributed by atoms with Crippen LogP contribution in [0.4, 0.5) is 24.5 Å². The number of anilines is 2. The van der Waals surface area contributed by atoms with Crippen LogP contribution in [-0.2, 0) is 0 Å². The van der Waals surface area contributed by atoms with E-state index in [0.717, 1.165) is 18.5 Å². The Labute approximate surface area is 184 Å². The summed E-state index contributed by atoms with van der Waals surface area (Å²) in [5.41, 5.74) is 0.236. The zero-order valence-corrected chi connectivity index (χ0v) is 16.8. The third-order valence-electron chi connectivity index (χ3n) is 4.07. The molecule has 0 saturated carbocycles. The van der Waals surface area contributed by atoms with E-state index in [2.05, 4.69) is 20.6 Å². The average Bonchev–Trinajstić information content (AvgIpc) is 3.23. The molecular formula is C20H15ClF3N5O3. The number of halogens is 4. The maximum atomic E-state index is 13.1. The van der Waals surface area contributed by atoms with E-state index in [9.17, 15) is 27.6 Å². The number of nitrogens with one attached hydrogen (secondary N) is 4. The lowest BCUT2D eigenvalue weighted by atomic mass is 10.2. The van der Waals surface area contributed by atoms with Gasteiger partial charge in [-0.15, -0.1) is 0 Å². The fourth-order valence-corrected chi connectivity index (χ4v) is 2.85. The van der Waals surface area contributed by atoms with Gasteiger partial charge in [-0.2, -0.15) is 0 Å². The van der Waals surface area contributed by atoms with Crippen molar-refractivity contribution in [3.05, 3.63) is 76.6 Å². The van der Waals surface area contributed by atoms with Gasteiger partial charge in [0.1, 0.15) is 11.5 Å². The molecule has 0 unspecified atom stereocenters. The molecule has 0 radical (unpaired) electrons. The highest BCUT2D eigenvalue weighted by atomic mass is 35.5. The minimum Gasteiger partial charge on any atom is -0.345 e. The minimum absolute atomic E-state index is 0.0428. The first-order valence-electron chi connectivity index (χ1n) is 9.02. The lowest BCUT2D eigenvalue weighted by Crippen LogP contribution is -2.30. The van der Waals surface area contributed by atoms with Gasteiger partial charge in [-0.25, -0.2) is 18.2 Å². The molecule has 166 valence electrons. The molecule has 1 heterocycles. The topological polar surface area (TPSA) is 116 Å². The molecule has 0 aliphatic carbocycles. The van der Waals surface area contributed by atoms with Gasteiger partial charge in [-0.3, -0.25) is 14.4 Å². The summed E-state index contributed by atoms with van der Waals surface area (Å²) in [4.78, 5) is 42.8. The van der Waals surface area contributed by atoms with Crippen LogP contribution in [0.2, 0.25) is 5.02 Å². The molecule has 0 aliphatic rings. The van der Waals surface area contributed by atoms with Crippen LogP contribution in [-0.4, -0.2) is 40.7 Å². The Hall–Kier alpha value is -3.86. The summed E-state index contributed by atoms with van der Waals surface area (Å²) in [5.74, 6) is -2.77. The number of rotatable bonds is 7. The molecule has 0 atom stereocenters. The maximum Gasteiger partial charge on any atom is 0.276 e. The molecule has 1 aromatic heterocycles. The van der Waals surface area contributed by atoms with Gasteiger partial charge in [-0.1, -0.05) is 11.6 Å². The van der Waals surface area contributed by atoms with Gasteiger partial charge in [-0.05, 0) is 42.5 Å². The van der Waals surface area contributed by atoms with E-state index < -0.39 is 36.5 Å². The minimum atomic E-state index is -2.74. The van der Waals surface area contributed by atoms with Crippen molar-refractivity contribution in [3.8, 4) is 0 Å². The predicted octanol–water partition coefficient (Wildman–Crippen LogP) is 3.70. The van der Waals surface area contributed by atoms with Crippen LogP contribution in [0, 0.1) is 5.82 Å². The van der Waals surface area contributed by atoms with E-state index in [1.54, 1.807) is 0 Å². The molecule has 0 aliphatic heterocycles. The van der Waals surface area contributed by atoms with Crippen LogP contribution in [0.1, 0.15) is 31.3 Å². The number of nitrogens with zero attached hydrogens (tertiary/aromatic N) is 1. The Kier molecular flexibility index (Phi) is 7.11. The van der Waals surface area contributed by atoms with E-state index in [4.69, 9.17) is 11.6 Å². The first-order valence-corrected chi connectivity index (χ1v) is 9.40. The van der Waals surface area contributed by atoms with E-state index >= 15 is 0 Å². The largest absolute Gasteiger partial charge is 0.345 e. The van der Waals surface area contributed by atoms with Crippen molar-refractivity contribution in [2.75, 3.05) is 17.2 Å². The van der Waals surface area contributed by atoms with Crippen LogP contribution < -0.4 is 16.0 Å². The molecule has 0 saturated heterocycles. The second-order valence-electron chi connectivity index (χ2n) is 6.34. The van der Waals surface area contributed by atoms with Crippen molar-refractivity contribution in [1.82, 2.24) is 15.3 Å². The van der Waals surface area contributed by atoms with Crippen molar-refractivity contribution < 1.29 is 27.6 Å². The van der Waals surface area contributed by atoms with Gasteiger partial charge in [0.25, 0.3) is 24.1 Å². The fourth-order valence-electron chi connectivity index (χ4n) is 2.60. The van der Waals surface area contributed by atoms with Crippen molar-refractivity contribution >= 4 is 40.7 Å². The summed E-state index contributed by atoms with van der Waals surface area (Å²) < 4.78 is 37.6. The molecular weight excluding hydrogens is 451 g/mol. The van der Waals surface area contributed by atoms with Gasteiger partial charge in [0.2, 0.25) is 0 Å². The van der Waals surface area contributed by atoms with Crippen molar-refractivity contribution in [3.63, 3.8) is 0 Å². The number of hydrogen-bond donors (Lipinski definition) is 4. The maximum absolute atomic E-state index is 13.1. The molecule has 3 rings (SSSR count). The van der Waals surface area contributed by atoms with Gasteiger partial charge in [0.05, 0.1) is 23.5 Å². The highest BCUT2D eigenvalue weighted by Gasteiger charge is 2.21. The third kappa shape index (κ3) is 5.64. The van der Waals surface area contributed by atoms with Gasteiger partial charge in [0.15, 0.2) is 5.69 Å². The van der Waals surface area contributed by atoms with E-state index in [-0.39, 0.29) is 22.0 Å². The summed E-state index contributed by atoms with van der Waals surface area (Å²) in [6.45, 7) is -0.866. The molecule has 4 N–H and O–H groups in total. The number of carbonyl (C=O) groups is 3. The molecule has 3 amide bonds. The molecule has 0 spiro atoms. The highest BCUT2D eigenvalue weighted by Crippen LogP contribution is 2.20. The molecule has 12 heteroatoms. The predicted molar refractivity (Wildman–Crippen MR) is 111 cm³/mol. The lowest BCUT2D eigenvalue weighted by molar-refractivity contribution is 0.0880. The smallest absolute Gasteiger partial charge is 0.276 e. The summed E-state index contributed by atoms with van der Waals surface area (Å²) in [6.07, 6.45) is -1.65. The number of aromatic amines is 1. The van der Waals surface area contributed by atoms with E-state index in [1.165, 1.54) is 30.3 Å². The Balaban J connectivity index is 1.64.